The topological polar surface area (TPSA) is 20.3 Å². The highest BCUT2D eigenvalue weighted by Crippen LogP contribution is 2.40. The van der Waals surface area contributed by atoms with E-state index >= 15 is 0 Å². The second-order valence-electron chi connectivity index (χ2n) is 5.15. The first-order valence-corrected chi connectivity index (χ1v) is 7.89. The van der Waals surface area contributed by atoms with Crippen LogP contribution in [-0.4, -0.2) is 23.1 Å². The molecule has 0 spiro atoms. The van der Waals surface area contributed by atoms with E-state index < -0.39 is 0 Å². The van der Waals surface area contributed by atoms with Crippen molar-refractivity contribution in [3.8, 4) is 0 Å². The van der Waals surface area contributed by atoms with Gasteiger partial charge in [0.2, 0.25) is 0 Å². The van der Waals surface area contributed by atoms with Crippen molar-refractivity contribution < 1.29 is 4.79 Å². The van der Waals surface area contributed by atoms with Crippen LogP contribution < -0.4 is 0 Å². The molecule has 18 heavy (non-hydrogen) atoms. The number of benzene rings is 1. The molecule has 0 saturated heterocycles. The first-order valence-electron chi connectivity index (χ1n) is 6.29. The van der Waals surface area contributed by atoms with Gasteiger partial charge < -0.3 is 4.90 Å². The van der Waals surface area contributed by atoms with Crippen molar-refractivity contribution in [3.63, 3.8) is 0 Å². The zero-order valence-corrected chi connectivity index (χ0v) is 12.1. The fourth-order valence-electron chi connectivity index (χ4n) is 2.73. The Hall–Kier alpha value is -0.670. The number of rotatable bonds is 3. The van der Waals surface area contributed by atoms with E-state index in [0.29, 0.717) is 12.0 Å². The summed E-state index contributed by atoms with van der Waals surface area (Å²) in [6, 6.07) is 4.20. The van der Waals surface area contributed by atoms with Crippen molar-refractivity contribution in [1.82, 2.24) is 4.90 Å². The predicted molar refractivity (Wildman–Crippen MR) is 75.3 cm³/mol. The molecule has 1 fully saturated rings. The zero-order valence-electron chi connectivity index (χ0n) is 10.6. The van der Waals surface area contributed by atoms with Gasteiger partial charge in [-0.05, 0) is 49.6 Å². The molecule has 0 aromatic heterocycles. The lowest BCUT2D eigenvalue weighted by molar-refractivity contribution is 0.0695. The predicted octanol–water partition coefficient (Wildman–Crippen LogP) is 3.82. The van der Waals surface area contributed by atoms with E-state index in [9.17, 15) is 4.79 Å². The van der Waals surface area contributed by atoms with Crippen LogP contribution in [-0.2, 0) is 6.54 Å². The van der Waals surface area contributed by atoms with Crippen molar-refractivity contribution in [2.75, 3.05) is 6.26 Å². The summed E-state index contributed by atoms with van der Waals surface area (Å²) in [5, 5.41) is 0.729. The Labute approximate surface area is 117 Å². The third-order valence-electron chi connectivity index (χ3n) is 3.98. The summed E-state index contributed by atoms with van der Waals surface area (Å²) in [6.07, 6.45) is 4.51. The molecule has 1 aliphatic carbocycles. The number of hydrogen-bond acceptors (Lipinski definition) is 2. The lowest BCUT2D eigenvalue weighted by Crippen LogP contribution is -2.34. The molecule has 1 amide bonds. The highest BCUT2D eigenvalue weighted by atomic mass is 35.5. The number of thioether (sulfide) groups is 1. The molecule has 4 heteroatoms. The highest BCUT2D eigenvalue weighted by molar-refractivity contribution is 7.98. The first kappa shape index (κ1) is 12.4. The van der Waals surface area contributed by atoms with E-state index in [1.54, 1.807) is 11.8 Å². The Morgan fingerprint density at radius 3 is 2.78 bits per heavy atom. The molecule has 3 rings (SSSR count). The van der Waals surface area contributed by atoms with Gasteiger partial charge in [-0.2, -0.15) is 0 Å². The smallest absolute Gasteiger partial charge is 0.255 e. The van der Waals surface area contributed by atoms with Crippen molar-refractivity contribution in [3.05, 3.63) is 28.3 Å². The maximum absolute atomic E-state index is 12.5. The Bertz CT molecular complexity index is 513. The summed E-state index contributed by atoms with van der Waals surface area (Å²) in [7, 11) is 0. The quantitative estimate of drug-likeness (QED) is 0.785. The van der Waals surface area contributed by atoms with E-state index in [-0.39, 0.29) is 5.91 Å². The van der Waals surface area contributed by atoms with Crippen LogP contribution in [0.25, 0.3) is 0 Å². The maximum atomic E-state index is 12.5. The van der Waals surface area contributed by atoms with Crippen LogP contribution in [0.4, 0.5) is 0 Å². The highest BCUT2D eigenvalue weighted by Gasteiger charge is 2.39. The van der Waals surface area contributed by atoms with Crippen LogP contribution in [0.3, 0.4) is 0 Å². The lowest BCUT2D eigenvalue weighted by Gasteiger charge is -2.24. The number of carbonyl (C=O) groups excluding carboxylic acids is 1. The molecule has 1 saturated carbocycles. The minimum atomic E-state index is 0.186. The van der Waals surface area contributed by atoms with Crippen LogP contribution in [0.1, 0.15) is 35.7 Å². The molecule has 1 aromatic rings. The SMILES string of the molecule is CSc1cc(Cl)cc2c1C(=O)N([C@@H](C)C1CC1)C2. The van der Waals surface area contributed by atoms with E-state index in [2.05, 4.69) is 6.92 Å². The third-order valence-corrected chi connectivity index (χ3v) is 4.96. The number of amides is 1. The standard InChI is InChI=1S/C14H16ClNOS/c1-8(9-3-4-9)16-7-10-5-11(15)6-12(18-2)13(10)14(16)17/h5-6,8-9H,3-4,7H2,1-2H3/t8-/m0/s1. The van der Waals surface area contributed by atoms with Crippen LogP contribution in [0.2, 0.25) is 5.02 Å². The minimum absolute atomic E-state index is 0.186. The Kier molecular flexibility index (Phi) is 3.07. The van der Waals surface area contributed by atoms with E-state index in [1.165, 1.54) is 12.8 Å². The lowest BCUT2D eigenvalue weighted by atomic mass is 10.1. The molecule has 2 aliphatic rings. The Morgan fingerprint density at radius 1 is 1.44 bits per heavy atom. The molecule has 1 heterocycles. The number of hydrogen-bond donors (Lipinski definition) is 0. The summed E-state index contributed by atoms with van der Waals surface area (Å²) in [5.41, 5.74) is 1.96. The normalized spacial score (nSPS) is 20.2. The van der Waals surface area contributed by atoms with Gasteiger partial charge in [0.05, 0.1) is 5.56 Å². The summed E-state index contributed by atoms with van der Waals surface area (Å²) in [5.74, 6) is 0.891. The molecular formula is C14H16ClNOS. The minimum Gasteiger partial charge on any atom is -0.331 e. The molecule has 0 N–H and O–H groups in total. The molecule has 0 radical (unpaired) electrons. The van der Waals surface area contributed by atoms with Crippen molar-refractivity contribution in [2.45, 2.75) is 37.2 Å². The average molecular weight is 282 g/mol. The molecule has 1 aromatic carbocycles. The molecule has 0 unspecified atom stereocenters. The van der Waals surface area contributed by atoms with E-state index in [0.717, 1.165) is 27.6 Å². The van der Waals surface area contributed by atoms with Crippen molar-refractivity contribution >= 4 is 29.3 Å². The van der Waals surface area contributed by atoms with Crippen LogP contribution in [0.15, 0.2) is 17.0 Å². The second kappa shape index (κ2) is 4.46. The van der Waals surface area contributed by atoms with Gasteiger partial charge in [0.1, 0.15) is 0 Å². The van der Waals surface area contributed by atoms with Gasteiger partial charge in [0, 0.05) is 22.5 Å². The molecule has 96 valence electrons. The summed E-state index contributed by atoms with van der Waals surface area (Å²) < 4.78 is 0. The summed E-state index contributed by atoms with van der Waals surface area (Å²) in [6.45, 7) is 2.89. The van der Waals surface area contributed by atoms with Gasteiger partial charge >= 0.3 is 0 Å². The summed E-state index contributed by atoms with van der Waals surface area (Å²) in [4.78, 5) is 15.6. The summed E-state index contributed by atoms with van der Waals surface area (Å²) >= 11 is 7.71. The average Bonchev–Trinajstić information content (AvgIpc) is 3.13. The van der Waals surface area contributed by atoms with Gasteiger partial charge in [0.25, 0.3) is 5.91 Å². The molecule has 0 bridgehead atoms. The molecule has 1 aliphatic heterocycles. The number of carbonyl (C=O) groups is 1. The van der Waals surface area contributed by atoms with Crippen LogP contribution >= 0.6 is 23.4 Å². The van der Waals surface area contributed by atoms with E-state index in [4.69, 9.17) is 11.6 Å². The first-order chi connectivity index (χ1) is 8.61. The maximum Gasteiger partial charge on any atom is 0.255 e. The molecule has 1 atom stereocenters. The molecular weight excluding hydrogens is 266 g/mol. The van der Waals surface area contributed by atoms with Gasteiger partial charge in [0.15, 0.2) is 0 Å². The Balaban J connectivity index is 1.97. The van der Waals surface area contributed by atoms with Gasteiger partial charge in [-0.1, -0.05) is 11.6 Å². The van der Waals surface area contributed by atoms with Crippen LogP contribution in [0, 0.1) is 5.92 Å². The fraction of sp³-hybridized carbons (Fsp3) is 0.500. The fourth-order valence-corrected chi connectivity index (χ4v) is 3.70. The van der Waals surface area contributed by atoms with Gasteiger partial charge in [-0.3, -0.25) is 4.79 Å². The number of fused-ring (bicyclic) bond motifs is 1. The number of halogens is 1. The second-order valence-corrected chi connectivity index (χ2v) is 6.44. The zero-order chi connectivity index (χ0) is 12.9. The monoisotopic (exact) mass is 281 g/mol. The van der Waals surface area contributed by atoms with Gasteiger partial charge in [-0.25, -0.2) is 0 Å². The van der Waals surface area contributed by atoms with E-state index in [1.807, 2.05) is 23.3 Å². The van der Waals surface area contributed by atoms with Gasteiger partial charge in [-0.15, -0.1) is 11.8 Å². The Morgan fingerprint density at radius 2 is 2.17 bits per heavy atom. The van der Waals surface area contributed by atoms with Crippen LogP contribution in [0.5, 0.6) is 0 Å². The van der Waals surface area contributed by atoms with Crippen molar-refractivity contribution in [2.24, 2.45) is 5.92 Å². The number of nitrogens with zero attached hydrogens (tertiary/aromatic N) is 1. The third kappa shape index (κ3) is 1.94. The molecule has 2 nitrogen and oxygen atoms in total. The van der Waals surface area contributed by atoms with Crippen molar-refractivity contribution in [1.29, 1.82) is 0 Å². The largest absolute Gasteiger partial charge is 0.331 e.